The lowest BCUT2D eigenvalue weighted by Gasteiger charge is -2.46. The molecule has 3 unspecified atom stereocenters. The van der Waals surface area contributed by atoms with Crippen molar-refractivity contribution in [3.63, 3.8) is 0 Å². The number of rotatable bonds is 8. The summed E-state index contributed by atoms with van der Waals surface area (Å²) >= 11 is 0. The van der Waals surface area contributed by atoms with Gasteiger partial charge in [-0.1, -0.05) is 57.7 Å². The normalized spacial score (nSPS) is 40.0. The number of esters is 1. The molecule has 0 spiro atoms. The lowest BCUT2D eigenvalue weighted by atomic mass is 9.74. The smallest absolute Gasteiger partial charge is 0.410 e. The maximum atomic E-state index is 14.8. The number of aryl methyl sites for hydroxylation is 1. The lowest BCUT2D eigenvalue weighted by molar-refractivity contribution is -0.294. The van der Waals surface area contributed by atoms with Crippen LogP contribution in [0.2, 0.25) is 0 Å². The van der Waals surface area contributed by atoms with Crippen LogP contribution in [0, 0.1) is 17.8 Å². The summed E-state index contributed by atoms with van der Waals surface area (Å²) in [5, 5.41) is 11.5. The third-order valence-electron chi connectivity index (χ3n) is 12.3. The number of aliphatic hydroxyl groups excluding tert-OH is 1. The maximum Gasteiger partial charge on any atom is 0.410 e. The van der Waals surface area contributed by atoms with E-state index in [2.05, 4.69) is 18.7 Å². The second-order valence-corrected chi connectivity index (χ2v) is 16.8. The molecular weight excluding hydrogens is 692 g/mol. The van der Waals surface area contributed by atoms with Gasteiger partial charge in [0.2, 0.25) is 0 Å². The number of nitrogens with zero attached hydrogens (tertiary/aromatic N) is 2. The van der Waals surface area contributed by atoms with Crippen LogP contribution in [-0.2, 0) is 44.4 Å². The first kappa shape index (κ1) is 42.3. The van der Waals surface area contributed by atoms with Crippen LogP contribution in [0.25, 0.3) is 0 Å². The SMILES string of the molecule is C=C1CO[C@@H]2C[C@@H](OC3O[C@H](C)C[C@H](N(C)C)[C@H]3O)[C@](C)(C[C@@H](C)C(=O)[C@H](C)C3N(CCCc4ccccc4)C(=O)OC3(C)[C@@H](CC)OC(=O)[C@@H]2C)OC1. The molecule has 54 heavy (non-hydrogen) atoms. The molecule has 4 heterocycles. The van der Waals surface area contributed by atoms with Crippen molar-refractivity contribution in [2.24, 2.45) is 17.8 Å². The zero-order valence-corrected chi connectivity index (χ0v) is 33.8. The van der Waals surface area contributed by atoms with E-state index in [1.807, 2.05) is 71.8 Å². The van der Waals surface area contributed by atoms with Gasteiger partial charge in [-0.3, -0.25) is 9.59 Å². The van der Waals surface area contributed by atoms with E-state index in [1.54, 1.807) is 18.7 Å². The minimum atomic E-state index is -1.30. The lowest BCUT2D eigenvalue weighted by Crippen LogP contribution is -2.59. The highest BCUT2D eigenvalue weighted by atomic mass is 16.7. The third kappa shape index (κ3) is 9.05. The van der Waals surface area contributed by atoms with Crippen LogP contribution in [0.4, 0.5) is 4.79 Å². The number of ketones is 1. The van der Waals surface area contributed by atoms with E-state index < -0.39 is 77.8 Å². The molecule has 4 aliphatic rings. The number of benzene rings is 1. The van der Waals surface area contributed by atoms with Crippen LogP contribution in [0.15, 0.2) is 42.5 Å². The van der Waals surface area contributed by atoms with Crippen molar-refractivity contribution >= 4 is 17.8 Å². The van der Waals surface area contributed by atoms with Crippen molar-refractivity contribution in [3.05, 3.63) is 48.0 Å². The molecule has 12 heteroatoms. The summed E-state index contributed by atoms with van der Waals surface area (Å²) in [7, 11) is 3.83. The first-order valence-electron chi connectivity index (χ1n) is 19.8. The molecule has 1 aromatic carbocycles. The van der Waals surface area contributed by atoms with Crippen molar-refractivity contribution in [1.82, 2.24) is 9.80 Å². The van der Waals surface area contributed by atoms with Gasteiger partial charge in [0.05, 0.1) is 49.1 Å². The number of ether oxygens (including phenoxy) is 6. The predicted molar refractivity (Wildman–Crippen MR) is 203 cm³/mol. The highest BCUT2D eigenvalue weighted by molar-refractivity contribution is 5.85. The number of likely N-dealkylation sites (N-methyl/N-ethyl adjacent to an activating group) is 1. The molecule has 302 valence electrons. The molecule has 0 aliphatic carbocycles. The molecule has 1 amide bonds. The van der Waals surface area contributed by atoms with Crippen molar-refractivity contribution in [3.8, 4) is 0 Å². The molecule has 2 bridgehead atoms. The summed E-state index contributed by atoms with van der Waals surface area (Å²) in [4.78, 5) is 46.4. The Kier molecular flexibility index (Phi) is 13.7. The second-order valence-electron chi connectivity index (χ2n) is 16.8. The Balaban J connectivity index is 1.54. The van der Waals surface area contributed by atoms with E-state index >= 15 is 0 Å². The number of carbonyl (C=O) groups is 3. The molecule has 1 aromatic rings. The minimum absolute atomic E-state index is 0.0745. The summed E-state index contributed by atoms with van der Waals surface area (Å²) < 4.78 is 38.6. The number of Topliss-reactive ketones (excluding diaryl/α,β-unsaturated/α-hetero) is 1. The highest BCUT2D eigenvalue weighted by Gasteiger charge is 2.60. The van der Waals surface area contributed by atoms with E-state index in [9.17, 15) is 19.5 Å². The summed E-state index contributed by atoms with van der Waals surface area (Å²) in [5.74, 6) is -2.60. The van der Waals surface area contributed by atoms with Gasteiger partial charge >= 0.3 is 12.1 Å². The molecular formula is C42H64N2O10. The fourth-order valence-corrected chi connectivity index (χ4v) is 9.11. The maximum absolute atomic E-state index is 14.8. The quantitative estimate of drug-likeness (QED) is 0.273. The van der Waals surface area contributed by atoms with Crippen molar-refractivity contribution in [1.29, 1.82) is 0 Å². The number of carbonyl (C=O) groups excluding carboxylic acids is 3. The average Bonchev–Trinajstić information content (AvgIpc) is 3.41. The van der Waals surface area contributed by atoms with E-state index in [4.69, 9.17) is 28.4 Å². The summed E-state index contributed by atoms with van der Waals surface area (Å²) in [6.45, 7) is 17.9. The van der Waals surface area contributed by atoms with Crippen molar-refractivity contribution < 1.29 is 47.9 Å². The Bertz CT molecular complexity index is 1470. The first-order valence-corrected chi connectivity index (χ1v) is 19.8. The number of cyclic esters (lactones) is 1. The fourth-order valence-electron chi connectivity index (χ4n) is 9.11. The number of fused-ring (bicyclic) bond motifs is 4. The van der Waals surface area contributed by atoms with E-state index in [0.717, 1.165) is 12.0 Å². The monoisotopic (exact) mass is 756 g/mol. The van der Waals surface area contributed by atoms with Crippen LogP contribution < -0.4 is 0 Å². The minimum Gasteiger partial charge on any atom is -0.458 e. The van der Waals surface area contributed by atoms with Gasteiger partial charge in [0.15, 0.2) is 11.9 Å². The van der Waals surface area contributed by atoms with Crippen LogP contribution in [-0.4, -0.2) is 127 Å². The number of hydrogen-bond acceptors (Lipinski definition) is 11. The van der Waals surface area contributed by atoms with E-state index in [1.165, 1.54) is 0 Å². The number of aliphatic hydroxyl groups is 1. The van der Waals surface area contributed by atoms with Gasteiger partial charge in [-0.05, 0) is 85.0 Å². The summed E-state index contributed by atoms with van der Waals surface area (Å²) in [6, 6.07) is 9.13. The van der Waals surface area contributed by atoms with E-state index in [-0.39, 0.29) is 44.0 Å². The standard InChI is InChI=1S/C42H64N2O10/c1-11-33-42(8)37(44(40(48)54-42)19-15-18-30-16-13-12-14-17-30)29(6)35(45)26(3)22-41(7)34(53-39-36(46)31(43(9)10)20-27(4)51-39)21-32(28(5)38(47)52-33)49-23-25(2)24-50-41/h12-14,16-17,26-29,31-34,36-37,39,46H,2,11,15,18-24H2,1,3-10H3/t26-,27-,28-,29+,31+,32-,33-,34-,36-,37?,39?,41+,42?/m1/s1. The zero-order chi connectivity index (χ0) is 39.5. The Morgan fingerprint density at radius 2 is 1.72 bits per heavy atom. The van der Waals surface area contributed by atoms with Gasteiger partial charge in [0, 0.05) is 30.8 Å². The molecule has 4 saturated heterocycles. The molecule has 0 radical (unpaired) electrons. The third-order valence-corrected chi connectivity index (χ3v) is 12.3. The highest BCUT2D eigenvalue weighted by Crippen LogP contribution is 2.43. The topological polar surface area (TPSA) is 133 Å². The van der Waals surface area contributed by atoms with Gasteiger partial charge in [-0.25, -0.2) is 4.79 Å². The second kappa shape index (κ2) is 17.5. The zero-order valence-electron chi connectivity index (χ0n) is 33.8. The molecule has 0 aromatic heterocycles. The van der Waals surface area contributed by atoms with Crippen molar-refractivity contribution in [2.45, 2.75) is 147 Å². The Morgan fingerprint density at radius 1 is 1.02 bits per heavy atom. The molecule has 1 N–H and O–H groups in total. The van der Waals surface area contributed by atoms with Crippen molar-refractivity contribution in [2.75, 3.05) is 33.9 Å². The molecule has 4 fully saturated rings. The molecule has 0 saturated carbocycles. The predicted octanol–water partition coefficient (Wildman–Crippen LogP) is 5.33. The Hall–Kier alpha value is -2.87. The molecule has 5 rings (SSSR count). The van der Waals surface area contributed by atoms with Gasteiger partial charge in [-0.15, -0.1) is 0 Å². The first-order chi connectivity index (χ1) is 25.5. The van der Waals surface area contributed by atoms with Gasteiger partial charge in [0.25, 0.3) is 0 Å². The number of hydrogen-bond donors (Lipinski definition) is 1. The van der Waals surface area contributed by atoms with Crippen LogP contribution in [0.3, 0.4) is 0 Å². The van der Waals surface area contributed by atoms with E-state index in [0.29, 0.717) is 31.4 Å². The Labute approximate surface area is 321 Å². The van der Waals surface area contributed by atoms with Gasteiger partial charge < -0.3 is 43.3 Å². The number of amides is 1. The summed E-state index contributed by atoms with van der Waals surface area (Å²) in [5.41, 5.74) is -0.588. The van der Waals surface area contributed by atoms with Crippen LogP contribution in [0.5, 0.6) is 0 Å². The summed E-state index contributed by atoms with van der Waals surface area (Å²) in [6.07, 6.45) is -2.19. The van der Waals surface area contributed by atoms with Crippen LogP contribution in [0.1, 0.15) is 86.1 Å². The fraction of sp³-hybridized carbons (Fsp3) is 0.738. The molecule has 13 atom stereocenters. The largest absolute Gasteiger partial charge is 0.458 e. The molecule has 12 nitrogen and oxygen atoms in total. The average molecular weight is 757 g/mol. The van der Waals surface area contributed by atoms with Crippen LogP contribution >= 0.6 is 0 Å². The molecule has 4 aliphatic heterocycles. The van der Waals surface area contributed by atoms with Gasteiger partial charge in [0.1, 0.15) is 18.0 Å². The Morgan fingerprint density at radius 3 is 2.39 bits per heavy atom. The van der Waals surface area contributed by atoms with Gasteiger partial charge in [-0.2, -0.15) is 0 Å².